The molecule has 1 saturated carbocycles. The van der Waals surface area contributed by atoms with Gasteiger partial charge in [-0.2, -0.15) is 0 Å². The minimum Gasteiger partial charge on any atom is -0.212 e. The zero-order chi connectivity index (χ0) is 13.3. The number of hydrogen-bond donors (Lipinski definition) is 0. The molecule has 2 rings (SSSR count). The van der Waals surface area contributed by atoms with Gasteiger partial charge < -0.3 is 0 Å². The van der Waals surface area contributed by atoms with Crippen LogP contribution in [0.5, 0.6) is 0 Å². The molecule has 1 aliphatic carbocycles. The fourth-order valence-electron chi connectivity index (χ4n) is 2.02. The third-order valence-corrected chi connectivity index (χ3v) is 5.49. The van der Waals surface area contributed by atoms with Crippen molar-refractivity contribution in [1.29, 1.82) is 0 Å². The van der Waals surface area contributed by atoms with Crippen molar-refractivity contribution >= 4 is 10.0 Å². The van der Waals surface area contributed by atoms with Gasteiger partial charge in [-0.05, 0) is 43.4 Å². The highest BCUT2D eigenvalue weighted by Crippen LogP contribution is 2.35. The molecule has 0 radical (unpaired) electrons. The number of hydrogen-bond acceptors (Lipinski definition) is 2. The largest absolute Gasteiger partial charge is 0.218 e. The Kier molecular flexibility index (Phi) is 3.73. The second kappa shape index (κ2) is 4.97. The third-order valence-electron chi connectivity index (χ3n) is 3.58. The maximum Gasteiger partial charge on any atom is 0.218 e. The standard InChI is InChI=1S/C13H18FNO2S/c1-10(12-5-6-12)15(2)18(16,17)9-11-3-7-13(14)8-4-11/h3-4,7-8,10,12H,5-6,9H2,1-2H3/t10-/m0/s1. The molecule has 0 spiro atoms. The van der Waals surface area contributed by atoms with E-state index in [9.17, 15) is 12.8 Å². The van der Waals surface area contributed by atoms with E-state index in [0.717, 1.165) is 12.8 Å². The molecule has 1 aliphatic rings. The lowest BCUT2D eigenvalue weighted by atomic mass is 10.2. The Bertz CT molecular complexity index is 508. The molecule has 18 heavy (non-hydrogen) atoms. The second-order valence-electron chi connectivity index (χ2n) is 4.98. The Hall–Kier alpha value is -0.940. The van der Waals surface area contributed by atoms with Gasteiger partial charge in [-0.25, -0.2) is 17.1 Å². The molecule has 0 saturated heterocycles. The van der Waals surface area contributed by atoms with E-state index in [1.54, 1.807) is 7.05 Å². The van der Waals surface area contributed by atoms with Crippen molar-refractivity contribution in [2.24, 2.45) is 5.92 Å². The zero-order valence-electron chi connectivity index (χ0n) is 10.6. The molecule has 0 aliphatic heterocycles. The number of nitrogens with zero attached hydrogens (tertiary/aromatic N) is 1. The zero-order valence-corrected chi connectivity index (χ0v) is 11.5. The van der Waals surface area contributed by atoms with Crippen LogP contribution < -0.4 is 0 Å². The average Bonchev–Trinajstić information content (AvgIpc) is 3.14. The first kappa shape index (κ1) is 13.5. The number of benzene rings is 1. The van der Waals surface area contributed by atoms with E-state index in [4.69, 9.17) is 0 Å². The summed E-state index contributed by atoms with van der Waals surface area (Å²) in [6.45, 7) is 1.94. The predicted molar refractivity (Wildman–Crippen MR) is 69.0 cm³/mol. The van der Waals surface area contributed by atoms with Gasteiger partial charge in [-0.1, -0.05) is 12.1 Å². The van der Waals surface area contributed by atoms with Crippen LogP contribution in [0.2, 0.25) is 0 Å². The first-order chi connectivity index (χ1) is 8.40. The Morgan fingerprint density at radius 2 is 1.89 bits per heavy atom. The summed E-state index contributed by atoms with van der Waals surface area (Å²) in [5, 5.41) is 0. The molecule has 1 aromatic carbocycles. The van der Waals surface area contributed by atoms with Gasteiger partial charge in [0, 0.05) is 13.1 Å². The summed E-state index contributed by atoms with van der Waals surface area (Å²) in [4.78, 5) is 0. The summed E-state index contributed by atoms with van der Waals surface area (Å²) < 4.78 is 38.6. The molecule has 0 bridgehead atoms. The quantitative estimate of drug-likeness (QED) is 0.824. The number of halogens is 1. The van der Waals surface area contributed by atoms with Crippen LogP contribution in [0.15, 0.2) is 24.3 Å². The summed E-state index contributed by atoms with van der Waals surface area (Å²) in [6.07, 6.45) is 2.22. The minimum absolute atomic E-state index is 0.0513. The molecular weight excluding hydrogens is 253 g/mol. The molecule has 0 N–H and O–H groups in total. The molecule has 0 unspecified atom stereocenters. The van der Waals surface area contributed by atoms with Crippen molar-refractivity contribution in [3.8, 4) is 0 Å². The molecule has 1 atom stereocenters. The van der Waals surface area contributed by atoms with E-state index in [2.05, 4.69) is 0 Å². The molecule has 1 aromatic rings. The maximum absolute atomic E-state index is 12.8. The molecule has 0 heterocycles. The molecule has 5 heteroatoms. The van der Waals surface area contributed by atoms with Crippen molar-refractivity contribution in [2.75, 3.05) is 7.05 Å². The predicted octanol–water partition coefficient (Wildman–Crippen LogP) is 2.39. The SMILES string of the molecule is C[C@@H](C1CC1)N(C)S(=O)(=O)Cc1ccc(F)cc1. The first-order valence-electron chi connectivity index (χ1n) is 6.10. The van der Waals surface area contributed by atoms with Gasteiger partial charge in [0.2, 0.25) is 10.0 Å². The van der Waals surface area contributed by atoms with Gasteiger partial charge in [0.25, 0.3) is 0 Å². The van der Waals surface area contributed by atoms with Gasteiger partial charge >= 0.3 is 0 Å². The molecule has 1 fully saturated rings. The molecular formula is C13H18FNO2S. The number of sulfonamides is 1. The van der Waals surface area contributed by atoms with Gasteiger partial charge in [0.1, 0.15) is 5.82 Å². The normalized spacial score (nSPS) is 18.0. The van der Waals surface area contributed by atoms with Crippen molar-refractivity contribution in [2.45, 2.75) is 31.6 Å². The van der Waals surface area contributed by atoms with Crippen LogP contribution in [0.1, 0.15) is 25.3 Å². The highest BCUT2D eigenvalue weighted by molar-refractivity contribution is 7.88. The van der Waals surface area contributed by atoms with Crippen LogP contribution in [-0.2, 0) is 15.8 Å². The molecule has 100 valence electrons. The summed E-state index contributed by atoms with van der Waals surface area (Å²) in [5.74, 6) is 0.0785. The monoisotopic (exact) mass is 271 g/mol. The third kappa shape index (κ3) is 3.09. The van der Waals surface area contributed by atoms with E-state index in [0.29, 0.717) is 11.5 Å². The van der Waals surface area contributed by atoms with Crippen molar-refractivity contribution in [3.05, 3.63) is 35.6 Å². The van der Waals surface area contributed by atoms with Crippen molar-refractivity contribution in [1.82, 2.24) is 4.31 Å². The lowest BCUT2D eigenvalue weighted by molar-refractivity contribution is 0.356. The Labute approximate surface area is 108 Å². The fourth-order valence-corrected chi connectivity index (χ4v) is 3.52. The van der Waals surface area contributed by atoms with Gasteiger partial charge in [0.05, 0.1) is 5.75 Å². The number of rotatable bonds is 5. The fraction of sp³-hybridized carbons (Fsp3) is 0.538. The highest BCUT2D eigenvalue weighted by atomic mass is 32.2. The van der Waals surface area contributed by atoms with E-state index < -0.39 is 10.0 Å². The van der Waals surface area contributed by atoms with Gasteiger partial charge in [0.15, 0.2) is 0 Å². The minimum atomic E-state index is -3.32. The topological polar surface area (TPSA) is 37.4 Å². The summed E-state index contributed by atoms with van der Waals surface area (Å²) >= 11 is 0. The van der Waals surface area contributed by atoms with Crippen LogP contribution in [0.3, 0.4) is 0 Å². The van der Waals surface area contributed by atoms with Crippen LogP contribution >= 0.6 is 0 Å². The van der Waals surface area contributed by atoms with Crippen LogP contribution in [-0.4, -0.2) is 25.8 Å². The molecule has 0 amide bonds. The lowest BCUT2D eigenvalue weighted by Crippen LogP contribution is -2.37. The average molecular weight is 271 g/mol. The van der Waals surface area contributed by atoms with Gasteiger partial charge in [-0.15, -0.1) is 0 Å². The van der Waals surface area contributed by atoms with Crippen LogP contribution in [0.4, 0.5) is 4.39 Å². The summed E-state index contributed by atoms with van der Waals surface area (Å²) in [7, 11) is -1.69. The van der Waals surface area contributed by atoms with Gasteiger partial charge in [-0.3, -0.25) is 0 Å². The smallest absolute Gasteiger partial charge is 0.212 e. The van der Waals surface area contributed by atoms with Crippen LogP contribution in [0.25, 0.3) is 0 Å². The van der Waals surface area contributed by atoms with E-state index in [-0.39, 0.29) is 17.6 Å². The van der Waals surface area contributed by atoms with E-state index >= 15 is 0 Å². The van der Waals surface area contributed by atoms with E-state index in [1.165, 1.54) is 28.6 Å². The van der Waals surface area contributed by atoms with Crippen molar-refractivity contribution < 1.29 is 12.8 Å². The first-order valence-corrected chi connectivity index (χ1v) is 7.71. The Morgan fingerprint density at radius 3 is 2.39 bits per heavy atom. The van der Waals surface area contributed by atoms with E-state index in [1.807, 2.05) is 6.92 Å². The maximum atomic E-state index is 12.8. The Balaban J connectivity index is 2.08. The summed E-state index contributed by atoms with van der Waals surface area (Å²) in [6, 6.07) is 5.66. The second-order valence-corrected chi connectivity index (χ2v) is 7.01. The lowest BCUT2D eigenvalue weighted by Gasteiger charge is -2.24. The Morgan fingerprint density at radius 1 is 1.33 bits per heavy atom. The summed E-state index contributed by atoms with van der Waals surface area (Å²) in [5.41, 5.74) is 0.617. The molecule has 3 nitrogen and oxygen atoms in total. The molecule has 0 aromatic heterocycles. The highest BCUT2D eigenvalue weighted by Gasteiger charge is 2.35. The van der Waals surface area contributed by atoms with Crippen LogP contribution in [0, 0.1) is 11.7 Å². The van der Waals surface area contributed by atoms with Crippen molar-refractivity contribution in [3.63, 3.8) is 0 Å².